The van der Waals surface area contributed by atoms with E-state index in [1.54, 1.807) is 6.92 Å². The SMILES string of the molecule is CC(C=O)NC(=O)CNC(=O)C(N)CCCN. The van der Waals surface area contributed by atoms with Gasteiger partial charge in [-0.15, -0.1) is 0 Å². The van der Waals surface area contributed by atoms with Crippen molar-refractivity contribution in [3.63, 3.8) is 0 Å². The highest BCUT2D eigenvalue weighted by Gasteiger charge is 2.14. The van der Waals surface area contributed by atoms with Crippen LogP contribution in [0, 0.1) is 0 Å². The Morgan fingerprint density at radius 3 is 2.59 bits per heavy atom. The van der Waals surface area contributed by atoms with Crippen LogP contribution < -0.4 is 22.1 Å². The summed E-state index contributed by atoms with van der Waals surface area (Å²) in [6.07, 6.45) is 1.74. The monoisotopic (exact) mass is 244 g/mol. The highest BCUT2D eigenvalue weighted by atomic mass is 16.2. The molecule has 17 heavy (non-hydrogen) atoms. The first-order valence-corrected chi connectivity index (χ1v) is 5.49. The fourth-order valence-corrected chi connectivity index (χ4v) is 1.11. The molecule has 0 bridgehead atoms. The number of hydrogen-bond acceptors (Lipinski definition) is 5. The first-order chi connectivity index (χ1) is 8.01. The van der Waals surface area contributed by atoms with Crippen LogP contribution >= 0.6 is 0 Å². The summed E-state index contributed by atoms with van der Waals surface area (Å²) in [5.41, 5.74) is 10.8. The van der Waals surface area contributed by atoms with E-state index in [9.17, 15) is 14.4 Å². The second kappa shape index (κ2) is 8.66. The maximum atomic E-state index is 11.4. The number of hydrogen-bond donors (Lipinski definition) is 4. The van der Waals surface area contributed by atoms with Gasteiger partial charge >= 0.3 is 0 Å². The molecule has 0 aliphatic carbocycles. The van der Waals surface area contributed by atoms with Crippen LogP contribution in [0.4, 0.5) is 0 Å². The number of nitrogens with one attached hydrogen (secondary N) is 2. The summed E-state index contributed by atoms with van der Waals surface area (Å²) < 4.78 is 0. The number of nitrogens with two attached hydrogens (primary N) is 2. The van der Waals surface area contributed by atoms with Crippen molar-refractivity contribution in [1.82, 2.24) is 10.6 Å². The lowest BCUT2D eigenvalue weighted by Gasteiger charge is -2.12. The molecule has 0 aliphatic rings. The summed E-state index contributed by atoms with van der Waals surface area (Å²) in [4.78, 5) is 32.9. The van der Waals surface area contributed by atoms with E-state index in [0.29, 0.717) is 25.7 Å². The molecule has 2 atom stereocenters. The van der Waals surface area contributed by atoms with Crippen molar-refractivity contribution in [1.29, 1.82) is 0 Å². The van der Waals surface area contributed by atoms with E-state index in [1.165, 1.54) is 0 Å². The van der Waals surface area contributed by atoms with Gasteiger partial charge in [0.15, 0.2) is 0 Å². The van der Waals surface area contributed by atoms with Gasteiger partial charge in [0.1, 0.15) is 6.29 Å². The molecule has 2 amide bonds. The average molecular weight is 244 g/mol. The van der Waals surface area contributed by atoms with Crippen molar-refractivity contribution in [2.45, 2.75) is 31.8 Å². The van der Waals surface area contributed by atoms with E-state index in [-0.39, 0.29) is 6.54 Å². The Bertz CT molecular complexity index is 270. The van der Waals surface area contributed by atoms with Gasteiger partial charge in [0.2, 0.25) is 11.8 Å². The van der Waals surface area contributed by atoms with Crippen molar-refractivity contribution in [2.75, 3.05) is 13.1 Å². The first-order valence-electron chi connectivity index (χ1n) is 5.49. The van der Waals surface area contributed by atoms with Crippen molar-refractivity contribution in [2.24, 2.45) is 11.5 Å². The Hall–Kier alpha value is -1.47. The van der Waals surface area contributed by atoms with E-state index in [0.717, 1.165) is 0 Å². The Labute approximate surface area is 100 Å². The second-order valence-electron chi connectivity index (χ2n) is 3.75. The van der Waals surface area contributed by atoms with E-state index in [2.05, 4.69) is 10.6 Å². The molecule has 0 aromatic carbocycles. The lowest BCUT2D eigenvalue weighted by molar-refractivity contribution is -0.127. The van der Waals surface area contributed by atoms with E-state index in [1.807, 2.05) is 0 Å². The molecule has 2 unspecified atom stereocenters. The number of amides is 2. The number of carbonyl (C=O) groups excluding carboxylic acids is 3. The van der Waals surface area contributed by atoms with Gasteiger partial charge in [-0.05, 0) is 26.3 Å². The third-order valence-electron chi connectivity index (χ3n) is 2.07. The fourth-order valence-electron chi connectivity index (χ4n) is 1.11. The molecule has 0 aliphatic heterocycles. The first kappa shape index (κ1) is 15.5. The van der Waals surface area contributed by atoms with Gasteiger partial charge in [-0.3, -0.25) is 9.59 Å². The lowest BCUT2D eigenvalue weighted by Crippen LogP contribution is -2.46. The molecule has 7 heteroatoms. The molecule has 0 heterocycles. The van der Waals surface area contributed by atoms with Gasteiger partial charge in [-0.25, -0.2) is 0 Å². The summed E-state index contributed by atoms with van der Waals surface area (Å²) in [6, 6.07) is -1.22. The van der Waals surface area contributed by atoms with Crippen molar-refractivity contribution >= 4 is 18.1 Å². The van der Waals surface area contributed by atoms with Crippen molar-refractivity contribution in [3.8, 4) is 0 Å². The number of aldehydes is 1. The summed E-state index contributed by atoms with van der Waals surface area (Å²) >= 11 is 0. The predicted molar refractivity (Wildman–Crippen MR) is 62.9 cm³/mol. The molecule has 0 aromatic rings. The standard InChI is InChI=1S/C10H20N4O3/c1-7(6-15)14-9(16)5-13-10(17)8(12)3-2-4-11/h6-8H,2-5,11-12H2,1H3,(H,13,17)(H,14,16). The molecule has 6 N–H and O–H groups in total. The molecule has 0 saturated heterocycles. The molecule has 0 radical (unpaired) electrons. The zero-order valence-electron chi connectivity index (χ0n) is 9.94. The zero-order valence-corrected chi connectivity index (χ0v) is 9.94. The maximum Gasteiger partial charge on any atom is 0.239 e. The van der Waals surface area contributed by atoms with Gasteiger partial charge in [-0.1, -0.05) is 0 Å². The highest BCUT2D eigenvalue weighted by molar-refractivity contribution is 5.88. The third kappa shape index (κ3) is 7.42. The van der Waals surface area contributed by atoms with Crippen LogP contribution in [0.15, 0.2) is 0 Å². The van der Waals surface area contributed by atoms with Crippen LogP contribution in [0.1, 0.15) is 19.8 Å². The van der Waals surface area contributed by atoms with Gasteiger partial charge in [0, 0.05) is 0 Å². The van der Waals surface area contributed by atoms with Crippen LogP contribution in [0.25, 0.3) is 0 Å². The minimum absolute atomic E-state index is 0.187. The minimum atomic E-state index is -0.658. The summed E-state index contributed by atoms with van der Waals surface area (Å²) in [7, 11) is 0. The molecule has 0 saturated carbocycles. The highest BCUT2D eigenvalue weighted by Crippen LogP contribution is 1.92. The Morgan fingerprint density at radius 2 is 2.06 bits per heavy atom. The predicted octanol–water partition coefficient (Wildman–Crippen LogP) is -2.13. The van der Waals surface area contributed by atoms with Crippen LogP contribution in [0.3, 0.4) is 0 Å². The number of rotatable bonds is 8. The zero-order chi connectivity index (χ0) is 13.3. The van der Waals surface area contributed by atoms with Crippen LogP contribution in [0.5, 0.6) is 0 Å². The molecule has 0 spiro atoms. The smallest absolute Gasteiger partial charge is 0.239 e. The molecule has 7 nitrogen and oxygen atoms in total. The fraction of sp³-hybridized carbons (Fsp3) is 0.700. The van der Waals surface area contributed by atoms with Gasteiger partial charge < -0.3 is 26.9 Å². The van der Waals surface area contributed by atoms with Crippen LogP contribution in [-0.4, -0.2) is 43.3 Å². The number of carbonyl (C=O) groups is 3. The summed E-state index contributed by atoms with van der Waals surface area (Å²) in [5, 5.41) is 4.77. The third-order valence-corrected chi connectivity index (χ3v) is 2.07. The van der Waals surface area contributed by atoms with Crippen LogP contribution in [0.2, 0.25) is 0 Å². The van der Waals surface area contributed by atoms with Gasteiger partial charge in [0.25, 0.3) is 0 Å². The van der Waals surface area contributed by atoms with Gasteiger partial charge in [-0.2, -0.15) is 0 Å². The molecule has 98 valence electrons. The molecule has 0 aromatic heterocycles. The second-order valence-corrected chi connectivity index (χ2v) is 3.75. The summed E-state index contributed by atoms with van der Waals surface area (Å²) in [6.45, 7) is 1.82. The summed E-state index contributed by atoms with van der Waals surface area (Å²) in [5.74, 6) is -0.823. The molecular weight excluding hydrogens is 224 g/mol. The van der Waals surface area contributed by atoms with E-state index < -0.39 is 23.9 Å². The quantitative estimate of drug-likeness (QED) is 0.363. The van der Waals surface area contributed by atoms with E-state index in [4.69, 9.17) is 11.5 Å². The minimum Gasteiger partial charge on any atom is -0.346 e. The van der Waals surface area contributed by atoms with Crippen molar-refractivity contribution in [3.05, 3.63) is 0 Å². The topological polar surface area (TPSA) is 127 Å². The average Bonchev–Trinajstić information content (AvgIpc) is 2.32. The lowest BCUT2D eigenvalue weighted by atomic mass is 10.1. The Morgan fingerprint density at radius 1 is 1.41 bits per heavy atom. The largest absolute Gasteiger partial charge is 0.346 e. The molecule has 0 rings (SSSR count). The normalized spacial score (nSPS) is 13.6. The Kier molecular flexibility index (Phi) is 7.91. The molecular formula is C10H20N4O3. The van der Waals surface area contributed by atoms with Crippen molar-refractivity contribution < 1.29 is 14.4 Å². The van der Waals surface area contributed by atoms with Gasteiger partial charge in [0.05, 0.1) is 18.6 Å². The van der Waals surface area contributed by atoms with E-state index >= 15 is 0 Å². The molecule has 0 fully saturated rings. The van der Waals surface area contributed by atoms with Crippen LogP contribution in [-0.2, 0) is 14.4 Å². The maximum absolute atomic E-state index is 11.4. The Balaban J connectivity index is 3.82.